The molecule has 1 N–H and O–H groups in total. The van der Waals surface area contributed by atoms with Gasteiger partial charge in [-0.15, -0.1) is 0 Å². The minimum Gasteiger partial charge on any atom is -0.306 e. The van der Waals surface area contributed by atoms with E-state index in [0.29, 0.717) is 15.1 Å². The average molecular weight is 483 g/mol. The topological polar surface area (TPSA) is 12.0 Å². The number of nitrogens with one attached hydrogen (secondary N) is 1. The van der Waals surface area contributed by atoms with Crippen molar-refractivity contribution in [3.63, 3.8) is 0 Å². The predicted molar refractivity (Wildman–Crippen MR) is 98.5 cm³/mol. The van der Waals surface area contributed by atoms with Gasteiger partial charge in [0.25, 0.3) is 0 Å². The van der Waals surface area contributed by atoms with Gasteiger partial charge in [0, 0.05) is 13.6 Å². The first-order chi connectivity index (χ1) is 9.95. The van der Waals surface area contributed by atoms with Gasteiger partial charge in [-0.25, -0.2) is 4.39 Å². The van der Waals surface area contributed by atoms with Crippen LogP contribution in [0.4, 0.5) is 4.39 Å². The van der Waals surface area contributed by atoms with Crippen LogP contribution in [0.5, 0.6) is 0 Å². The van der Waals surface area contributed by atoms with Crippen molar-refractivity contribution >= 4 is 50.1 Å². The highest BCUT2D eigenvalue weighted by Gasteiger charge is 2.21. The molecule has 5 heteroatoms. The Bertz CT molecular complexity index is 663. The van der Waals surface area contributed by atoms with E-state index in [2.05, 4.69) is 56.8 Å². The van der Waals surface area contributed by atoms with Gasteiger partial charge >= 0.3 is 0 Å². The zero-order valence-corrected chi connectivity index (χ0v) is 16.2. The van der Waals surface area contributed by atoms with Crippen molar-refractivity contribution in [2.75, 3.05) is 6.54 Å². The van der Waals surface area contributed by atoms with Crippen molar-refractivity contribution in [3.05, 3.63) is 65.9 Å². The quantitative estimate of drug-likeness (QED) is 0.426. The van der Waals surface area contributed by atoms with E-state index < -0.39 is 0 Å². The maximum absolute atomic E-state index is 14.4. The van der Waals surface area contributed by atoms with Crippen LogP contribution < -0.4 is 5.32 Å². The van der Waals surface area contributed by atoms with E-state index in [9.17, 15) is 4.39 Å². The minimum absolute atomic E-state index is 0.215. The Kier molecular flexibility index (Phi) is 6.05. The number of hydrogen-bond donors (Lipinski definition) is 1. The third-order valence-electron chi connectivity index (χ3n) is 3.29. The Morgan fingerprint density at radius 2 is 2.05 bits per heavy atom. The molecular weight excluding hydrogens is 467 g/mol. The highest BCUT2D eigenvalue weighted by molar-refractivity contribution is 14.1. The van der Waals surface area contributed by atoms with E-state index in [-0.39, 0.29) is 11.9 Å². The molecule has 0 amide bonds. The molecule has 0 spiro atoms. The first-order valence-electron chi connectivity index (χ1n) is 6.58. The Morgan fingerprint density at radius 1 is 1.33 bits per heavy atom. The normalized spacial score (nSPS) is 12.5. The Hall–Kier alpha value is -0.170. The second-order valence-corrected chi connectivity index (χ2v) is 7.10. The Labute approximate surface area is 151 Å². The van der Waals surface area contributed by atoms with Crippen LogP contribution in [0.1, 0.15) is 29.7 Å². The van der Waals surface area contributed by atoms with Gasteiger partial charge < -0.3 is 5.32 Å². The van der Waals surface area contributed by atoms with Crippen LogP contribution in [0.3, 0.4) is 0 Å². The number of halogens is 4. The van der Waals surface area contributed by atoms with E-state index >= 15 is 0 Å². The van der Waals surface area contributed by atoms with Crippen molar-refractivity contribution in [3.8, 4) is 0 Å². The van der Waals surface area contributed by atoms with Crippen molar-refractivity contribution in [1.82, 2.24) is 5.32 Å². The lowest BCUT2D eigenvalue weighted by Crippen LogP contribution is -2.24. The fourth-order valence-electron chi connectivity index (χ4n) is 2.24. The molecule has 112 valence electrons. The van der Waals surface area contributed by atoms with Gasteiger partial charge in [-0.1, -0.05) is 36.7 Å². The van der Waals surface area contributed by atoms with Gasteiger partial charge in [-0.2, -0.15) is 0 Å². The van der Waals surface area contributed by atoms with Crippen molar-refractivity contribution in [2.45, 2.75) is 19.9 Å². The molecule has 0 fully saturated rings. The van der Waals surface area contributed by atoms with Crippen LogP contribution in [0.2, 0.25) is 5.02 Å². The molecule has 1 unspecified atom stereocenters. The van der Waals surface area contributed by atoms with Gasteiger partial charge in [-0.3, -0.25) is 0 Å². The molecular formula is C16H15BrClFIN. The van der Waals surface area contributed by atoms with E-state index in [1.807, 2.05) is 19.1 Å². The van der Waals surface area contributed by atoms with Gasteiger partial charge in [0.05, 0.1) is 11.1 Å². The summed E-state index contributed by atoms with van der Waals surface area (Å²) in [7, 11) is 0. The summed E-state index contributed by atoms with van der Waals surface area (Å²) in [4.78, 5) is 0. The number of rotatable bonds is 4. The Morgan fingerprint density at radius 3 is 2.71 bits per heavy atom. The number of aryl methyl sites for hydroxylation is 1. The molecule has 0 saturated carbocycles. The van der Waals surface area contributed by atoms with Gasteiger partial charge in [0.1, 0.15) is 5.82 Å². The summed E-state index contributed by atoms with van der Waals surface area (Å²) in [5.41, 5.74) is 2.81. The van der Waals surface area contributed by atoms with E-state index in [0.717, 1.165) is 15.7 Å². The molecule has 0 aromatic heterocycles. The predicted octanol–water partition coefficient (Wildman–Crippen LogP) is 5.85. The molecule has 1 nitrogen and oxygen atoms in total. The van der Waals surface area contributed by atoms with E-state index in [1.54, 1.807) is 6.07 Å². The number of hydrogen-bond acceptors (Lipinski definition) is 1. The van der Waals surface area contributed by atoms with Gasteiger partial charge in [-0.05, 0) is 75.2 Å². The molecule has 0 heterocycles. The standard InChI is InChI=1S/C16H15BrClFIN/c1-3-21-16(10-6-4-5-9(2)15(10)20)11-7-13(18)12(17)8-14(11)19/h4-8,16,21H,3H2,1-2H3. The highest BCUT2D eigenvalue weighted by atomic mass is 127. The maximum atomic E-state index is 14.4. The molecule has 2 aromatic rings. The summed E-state index contributed by atoms with van der Waals surface area (Å²) in [5, 5.41) is 3.86. The zero-order chi connectivity index (χ0) is 15.6. The molecule has 0 aliphatic carbocycles. The zero-order valence-electron chi connectivity index (χ0n) is 11.7. The lowest BCUT2D eigenvalue weighted by molar-refractivity contribution is 0.557. The van der Waals surface area contributed by atoms with Crippen molar-refractivity contribution < 1.29 is 4.39 Å². The Balaban J connectivity index is 2.59. The van der Waals surface area contributed by atoms with Crippen LogP contribution in [-0.2, 0) is 0 Å². The fraction of sp³-hybridized carbons (Fsp3) is 0.250. The van der Waals surface area contributed by atoms with Gasteiger partial charge in [0.15, 0.2) is 0 Å². The summed E-state index contributed by atoms with van der Waals surface area (Å²) in [6, 6.07) is 8.97. The van der Waals surface area contributed by atoms with Crippen molar-refractivity contribution in [2.24, 2.45) is 0 Å². The molecule has 0 radical (unpaired) electrons. The third kappa shape index (κ3) is 3.78. The van der Waals surface area contributed by atoms with Crippen LogP contribution in [0.15, 0.2) is 34.8 Å². The molecule has 2 aromatic carbocycles. The van der Waals surface area contributed by atoms with Crippen LogP contribution in [0.25, 0.3) is 0 Å². The first-order valence-corrected chi connectivity index (χ1v) is 8.83. The van der Waals surface area contributed by atoms with E-state index in [4.69, 9.17) is 11.6 Å². The van der Waals surface area contributed by atoms with Crippen LogP contribution in [-0.4, -0.2) is 6.54 Å². The second kappa shape index (κ2) is 7.40. The van der Waals surface area contributed by atoms with Gasteiger partial charge in [0.2, 0.25) is 0 Å². The monoisotopic (exact) mass is 481 g/mol. The third-order valence-corrected chi connectivity index (χ3v) is 5.96. The average Bonchev–Trinajstić information content (AvgIpc) is 2.44. The summed E-state index contributed by atoms with van der Waals surface area (Å²) in [6.07, 6.45) is 0. The molecule has 2 rings (SSSR count). The number of benzene rings is 2. The smallest absolute Gasteiger partial charge is 0.129 e. The lowest BCUT2D eigenvalue weighted by Gasteiger charge is -2.22. The molecule has 0 bridgehead atoms. The van der Waals surface area contributed by atoms with Crippen LogP contribution >= 0.6 is 50.1 Å². The SMILES string of the molecule is CCNC(c1cc(Cl)c(Br)cc1F)c1cccc(C)c1I. The maximum Gasteiger partial charge on any atom is 0.129 e. The molecule has 0 aliphatic rings. The molecule has 1 atom stereocenters. The highest BCUT2D eigenvalue weighted by Crippen LogP contribution is 2.33. The summed E-state index contributed by atoms with van der Waals surface area (Å²) in [5.74, 6) is -0.269. The summed E-state index contributed by atoms with van der Waals surface area (Å²) < 4.78 is 16.1. The second-order valence-electron chi connectivity index (χ2n) is 4.76. The fourth-order valence-corrected chi connectivity index (χ4v) is 3.40. The van der Waals surface area contributed by atoms with Crippen LogP contribution in [0, 0.1) is 16.3 Å². The minimum atomic E-state index is -0.269. The molecule has 0 saturated heterocycles. The lowest BCUT2D eigenvalue weighted by atomic mass is 9.97. The molecule has 0 aliphatic heterocycles. The largest absolute Gasteiger partial charge is 0.306 e. The summed E-state index contributed by atoms with van der Waals surface area (Å²) >= 11 is 11.7. The van der Waals surface area contributed by atoms with Crippen molar-refractivity contribution in [1.29, 1.82) is 0 Å². The summed E-state index contributed by atoms with van der Waals surface area (Å²) in [6.45, 7) is 4.80. The molecule has 21 heavy (non-hydrogen) atoms. The van der Waals surface area contributed by atoms with E-state index in [1.165, 1.54) is 11.6 Å². The first kappa shape index (κ1) is 17.2.